The maximum atomic E-state index is 9.69. The number of rotatable bonds is 2. The number of aliphatic hydroxyl groups is 2. The lowest BCUT2D eigenvalue weighted by atomic mass is 9.97. The van der Waals surface area contributed by atoms with Crippen molar-refractivity contribution in [2.75, 3.05) is 6.61 Å². The highest BCUT2D eigenvalue weighted by Gasteiger charge is 2.24. The van der Waals surface area contributed by atoms with Gasteiger partial charge in [-0.05, 0) is 19.1 Å². The number of benzene rings is 1. The number of aliphatic hydroxyl groups excluding tert-OH is 1. The quantitative estimate of drug-likeness (QED) is 0.803. The molecule has 2 nitrogen and oxygen atoms in total. The molecule has 0 fully saturated rings. The minimum absolute atomic E-state index is 0.353. The lowest BCUT2D eigenvalue weighted by Crippen LogP contribution is -2.26. The second-order valence-electron chi connectivity index (χ2n) is 3.06. The topological polar surface area (TPSA) is 40.5 Å². The molecule has 0 radical (unpaired) electrons. The molecule has 4 heteroatoms. The molecule has 1 aromatic rings. The van der Waals surface area contributed by atoms with Crippen LogP contribution >= 0.6 is 23.2 Å². The van der Waals surface area contributed by atoms with Gasteiger partial charge in [-0.25, -0.2) is 0 Å². The van der Waals surface area contributed by atoms with Gasteiger partial charge in [-0.3, -0.25) is 0 Å². The Balaban J connectivity index is 3.16. The fraction of sp³-hybridized carbons (Fsp3) is 0.333. The van der Waals surface area contributed by atoms with E-state index in [0.29, 0.717) is 15.6 Å². The number of hydrogen-bond donors (Lipinski definition) is 2. The van der Waals surface area contributed by atoms with Crippen LogP contribution in [0.15, 0.2) is 18.2 Å². The van der Waals surface area contributed by atoms with Crippen LogP contribution in [0.3, 0.4) is 0 Å². The predicted octanol–water partition coefficient (Wildman–Crippen LogP) is 2.19. The van der Waals surface area contributed by atoms with Gasteiger partial charge in [0.15, 0.2) is 0 Å². The monoisotopic (exact) mass is 220 g/mol. The molecule has 1 atom stereocenters. The normalized spacial score (nSPS) is 15.5. The van der Waals surface area contributed by atoms with Crippen molar-refractivity contribution in [3.63, 3.8) is 0 Å². The van der Waals surface area contributed by atoms with Gasteiger partial charge in [0.25, 0.3) is 0 Å². The third-order valence-corrected chi connectivity index (χ3v) is 2.37. The van der Waals surface area contributed by atoms with Gasteiger partial charge < -0.3 is 10.2 Å². The molecule has 0 spiro atoms. The maximum absolute atomic E-state index is 9.69. The first-order valence-corrected chi connectivity index (χ1v) is 4.52. The molecule has 0 aliphatic heterocycles. The zero-order valence-electron chi connectivity index (χ0n) is 7.09. The van der Waals surface area contributed by atoms with E-state index >= 15 is 0 Å². The molecule has 0 amide bonds. The van der Waals surface area contributed by atoms with E-state index in [4.69, 9.17) is 28.3 Å². The summed E-state index contributed by atoms with van der Waals surface area (Å²) in [6, 6.07) is 4.75. The number of halogens is 2. The minimum atomic E-state index is -1.32. The first kappa shape index (κ1) is 10.8. The summed E-state index contributed by atoms with van der Waals surface area (Å²) in [5.74, 6) is 0. The minimum Gasteiger partial charge on any atom is -0.393 e. The first-order valence-electron chi connectivity index (χ1n) is 3.76. The summed E-state index contributed by atoms with van der Waals surface area (Å²) in [7, 11) is 0. The molecule has 0 heterocycles. The molecule has 13 heavy (non-hydrogen) atoms. The largest absolute Gasteiger partial charge is 0.393 e. The van der Waals surface area contributed by atoms with Gasteiger partial charge in [0.2, 0.25) is 0 Å². The fourth-order valence-corrected chi connectivity index (χ4v) is 1.62. The van der Waals surface area contributed by atoms with Crippen molar-refractivity contribution in [1.82, 2.24) is 0 Å². The van der Waals surface area contributed by atoms with E-state index in [0.717, 1.165) is 0 Å². The van der Waals surface area contributed by atoms with Gasteiger partial charge >= 0.3 is 0 Å². The molecule has 0 aliphatic carbocycles. The van der Waals surface area contributed by atoms with Crippen LogP contribution in [0.2, 0.25) is 10.0 Å². The Kier molecular flexibility index (Phi) is 3.19. The van der Waals surface area contributed by atoms with Crippen molar-refractivity contribution in [2.24, 2.45) is 0 Å². The molecule has 0 bridgehead atoms. The molecule has 1 unspecified atom stereocenters. The Morgan fingerprint density at radius 2 is 2.00 bits per heavy atom. The SMILES string of the molecule is CC(O)(CO)c1ccc(Cl)cc1Cl. The molecule has 1 rings (SSSR count). The second kappa shape index (κ2) is 3.84. The third kappa shape index (κ3) is 2.35. The van der Waals surface area contributed by atoms with E-state index in [1.54, 1.807) is 12.1 Å². The van der Waals surface area contributed by atoms with Crippen LogP contribution in [0.5, 0.6) is 0 Å². The van der Waals surface area contributed by atoms with Crippen molar-refractivity contribution in [3.05, 3.63) is 33.8 Å². The molecule has 0 saturated heterocycles. The van der Waals surface area contributed by atoms with Crippen molar-refractivity contribution in [2.45, 2.75) is 12.5 Å². The zero-order chi connectivity index (χ0) is 10.1. The van der Waals surface area contributed by atoms with Gasteiger partial charge in [0.05, 0.1) is 6.61 Å². The van der Waals surface area contributed by atoms with E-state index in [-0.39, 0.29) is 6.61 Å². The summed E-state index contributed by atoms with van der Waals surface area (Å²) < 4.78 is 0. The van der Waals surface area contributed by atoms with Crippen LogP contribution < -0.4 is 0 Å². The molecule has 0 saturated carbocycles. The van der Waals surface area contributed by atoms with Crippen LogP contribution in [-0.4, -0.2) is 16.8 Å². The Hall–Kier alpha value is -0.280. The number of hydrogen-bond acceptors (Lipinski definition) is 2. The zero-order valence-corrected chi connectivity index (χ0v) is 8.60. The van der Waals surface area contributed by atoms with E-state index in [9.17, 15) is 5.11 Å². The van der Waals surface area contributed by atoms with E-state index in [2.05, 4.69) is 0 Å². The maximum Gasteiger partial charge on any atom is 0.111 e. The lowest BCUT2D eigenvalue weighted by molar-refractivity contribution is -0.00219. The molecular formula is C9H10Cl2O2. The second-order valence-corrected chi connectivity index (χ2v) is 3.90. The van der Waals surface area contributed by atoms with E-state index in [1.165, 1.54) is 13.0 Å². The fourth-order valence-electron chi connectivity index (χ4n) is 1.01. The van der Waals surface area contributed by atoms with Gasteiger partial charge in [-0.15, -0.1) is 0 Å². The highest BCUT2D eigenvalue weighted by Crippen LogP contribution is 2.29. The summed E-state index contributed by atoms with van der Waals surface area (Å²) in [5, 5.41) is 19.4. The molecular weight excluding hydrogens is 211 g/mol. The summed E-state index contributed by atoms with van der Waals surface area (Å²) in [4.78, 5) is 0. The highest BCUT2D eigenvalue weighted by molar-refractivity contribution is 6.35. The van der Waals surface area contributed by atoms with Crippen molar-refractivity contribution < 1.29 is 10.2 Å². The lowest BCUT2D eigenvalue weighted by Gasteiger charge is -2.22. The molecule has 1 aromatic carbocycles. The first-order chi connectivity index (χ1) is 5.97. The summed E-state index contributed by atoms with van der Waals surface area (Å²) >= 11 is 11.5. The van der Waals surface area contributed by atoms with Gasteiger partial charge in [0, 0.05) is 15.6 Å². The Bertz CT molecular complexity index is 310. The molecule has 0 aliphatic rings. The molecule has 72 valence electrons. The summed E-state index contributed by atoms with van der Waals surface area (Å²) in [5.41, 5.74) is -0.845. The van der Waals surface area contributed by atoms with Crippen LogP contribution in [0.25, 0.3) is 0 Å². The van der Waals surface area contributed by atoms with Crippen molar-refractivity contribution in [1.29, 1.82) is 0 Å². The van der Waals surface area contributed by atoms with Gasteiger partial charge in [-0.1, -0.05) is 29.3 Å². The Labute approximate surface area is 86.7 Å². The summed E-state index contributed by atoms with van der Waals surface area (Å²) in [6.45, 7) is 1.11. The average Bonchev–Trinajstić information content (AvgIpc) is 2.03. The van der Waals surface area contributed by atoms with Crippen LogP contribution in [0.4, 0.5) is 0 Å². The van der Waals surface area contributed by atoms with E-state index < -0.39 is 5.60 Å². The van der Waals surface area contributed by atoms with Gasteiger partial charge in [0.1, 0.15) is 5.60 Å². The average molecular weight is 221 g/mol. The van der Waals surface area contributed by atoms with Gasteiger partial charge in [-0.2, -0.15) is 0 Å². The molecule has 0 aromatic heterocycles. The van der Waals surface area contributed by atoms with Crippen LogP contribution in [0, 0.1) is 0 Å². The van der Waals surface area contributed by atoms with Crippen LogP contribution in [-0.2, 0) is 5.60 Å². The predicted molar refractivity (Wildman–Crippen MR) is 53.1 cm³/mol. The highest BCUT2D eigenvalue weighted by atomic mass is 35.5. The third-order valence-electron chi connectivity index (χ3n) is 1.82. The molecule has 2 N–H and O–H groups in total. The Morgan fingerprint density at radius 1 is 1.38 bits per heavy atom. The Morgan fingerprint density at radius 3 is 2.46 bits per heavy atom. The van der Waals surface area contributed by atoms with Crippen LogP contribution in [0.1, 0.15) is 12.5 Å². The summed E-state index contributed by atoms with van der Waals surface area (Å²) in [6.07, 6.45) is 0. The van der Waals surface area contributed by atoms with Crippen molar-refractivity contribution in [3.8, 4) is 0 Å². The standard InChI is InChI=1S/C9H10Cl2O2/c1-9(13,5-12)7-3-2-6(10)4-8(7)11/h2-4,12-13H,5H2,1H3. The van der Waals surface area contributed by atoms with Crippen molar-refractivity contribution >= 4 is 23.2 Å². The smallest absolute Gasteiger partial charge is 0.111 e. The van der Waals surface area contributed by atoms with E-state index in [1.807, 2.05) is 0 Å².